The zero-order valence-electron chi connectivity index (χ0n) is 13.6. The maximum absolute atomic E-state index is 12.3. The molecule has 0 unspecified atom stereocenters. The predicted molar refractivity (Wildman–Crippen MR) is 86.4 cm³/mol. The normalized spacial score (nSPS) is 11.1. The molecular formula is C17H23ClO4. The summed E-state index contributed by atoms with van der Waals surface area (Å²) in [6.45, 7) is 8.41. The van der Waals surface area contributed by atoms with E-state index in [1.165, 1.54) is 6.07 Å². The van der Waals surface area contributed by atoms with Crippen molar-refractivity contribution in [2.75, 3.05) is 13.2 Å². The summed E-state index contributed by atoms with van der Waals surface area (Å²) in [7, 11) is 0. The number of hydrogen-bond donors (Lipinski definition) is 0. The predicted octanol–water partition coefficient (Wildman–Crippen LogP) is 4.50. The summed E-state index contributed by atoms with van der Waals surface area (Å²) in [5.41, 5.74) is 0.0380. The van der Waals surface area contributed by atoms with E-state index < -0.39 is 11.9 Å². The molecule has 0 spiro atoms. The quantitative estimate of drug-likeness (QED) is 0.570. The number of rotatable bonds is 6. The summed E-state index contributed by atoms with van der Waals surface area (Å²) in [5.74, 6) is -1.17. The molecule has 0 saturated carbocycles. The van der Waals surface area contributed by atoms with Crippen LogP contribution in [0.5, 0.6) is 0 Å². The molecule has 0 fully saturated rings. The van der Waals surface area contributed by atoms with Crippen LogP contribution in [0, 0.1) is 5.41 Å². The lowest BCUT2D eigenvalue weighted by molar-refractivity contribution is 0.0353. The summed E-state index contributed by atoms with van der Waals surface area (Å²) < 4.78 is 10.4. The Hall–Kier alpha value is -1.55. The molecule has 0 atom stereocenters. The van der Waals surface area contributed by atoms with Gasteiger partial charge < -0.3 is 9.47 Å². The van der Waals surface area contributed by atoms with Gasteiger partial charge >= 0.3 is 11.9 Å². The van der Waals surface area contributed by atoms with Gasteiger partial charge in [-0.1, -0.05) is 51.8 Å². The topological polar surface area (TPSA) is 52.6 Å². The van der Waals surface area contributed by atoms with Crippen molar-refractivity contribution < 1.29 is 19.1 Å². The molecule has 0 radical (unpaired) electrons. The lowest BCUT2D eigenvalue weighted by atomic mass is 9.98. The van der Waals surface area contributed by atoms with Gasteiger partial charge in [-0.25, -0.2) is 9.59 Å². The van der Waals surface area contributed by atoms with Crippen LogP contribution in [-0.2, 0) is 9.47 Å². The lowest BCUT2D eigenvalue weighted by Gasteiger charge is -2.18. The van der Waals surface area contributed by atoms with Gasteiger partial charge in [0.1, 0.15) is 0 Å². The molecule has 5 heteroatoms. The molecule has 1 rings (SSSR count). The minimum atomic E-state index is -0.608. The molecular weight excluding hydrogens is 304 g/mol. The second kappa shape index (κ2) is 8.18. The highest BCUT2D eigenvalue weighted by Crippen LogP contribution is 2.23. The Balaban J connectivity index is 2.93. The summed E-state index contributed by atoms with van der Waals surface area (Å²) >= 11 is 6.07. The molecule has 0 bridgehead atoms. The fraction of sp³-hybridized carbons (Fsp3) is 0.529. The van der Waals surface area contributed by atoms with Crippen molar-refractivity contribution in [3.63, 3.8) is 0 Å². The van der Waals surface area contributed by atoms with Crippen LogP contribution in [0.4, 0.5) is 0 Å². The number of halogens is 1. The van der Waals surface area contributed by atoms with Crippen molar-refractivity contribution in [1.82, 2.24) is 0 Å². The van der Waals surface area contributed by atoms with Crippen LogP contribution in [-0.4, -0.2) is 25.2 Å². The first kappa shape index (κ1) is 18.5. The van der Waals surface area contributed by atoms with Crippen molar-refractivity contribution in [3.05, 3.63) is 34.3 Å². The standard InChI is InChI=1S/C17H23ClO4/c1-5-6-10-21-15(19)12-8-7-9-13(18)14(12)16(20)22-11-17(2,3)4/h7-9H,5-6,10-11H2,1-4H3. The van der Waals surface area contributed by atoms with Crippen LogP contribution in [0.15, 0.2) is 18.2 Å². The minimum Gasteiger partial charge on any atom is -0.462 e. The van der Waals surface area contributed by atoms with Gasteiger partial charge in [-0.2, -0.15) is 0 Å². The van der Waals surface area contributed by atoms with Gasteiger partial charge in [0, 0.05) is 0 Å². The van der Waals surface area contributed by atoms with E-state index >= 15 is 0 Å². The van der Waals surface area contributed by atoms with Crippen LogP contribution < -0.4 is 0 Å². The van der Waals surface area contributed by atoms with Crippen molar-refractivity contribution in [2.24, 2.45) is 5.41 Å². The third kappa shape index (κ3) is 5.68. The fourth-order valence-corrected chi connectivity index (χ4v) is 1.89. The zero-order chi connectivity index (χ0) is 16.8. The number of unbranched alkanes of at least 4 members (excludes halogenated alkanes) is 1. The Morgan fingerprint density at radius 2 is 1.82 bits per heavy atom. The minimum absolute atomic E-state index is 0.0647. The molecule has 0 amide bonds. The molecule has 0 saturated heterocycles. The van der Waals surface area contributed by atoms with E-state index in [9.17, 15) is 9.59 Å². The first-order valence-corrected chi connectivity index (χ1v) is 7.77. The molecule has 1 aromatic rings. The molecule has 0 heterocycles. The Morgan fingerprint density at radius 1 is 1.14 bits per heavy atom. The van der Waals surface area contributed by atoms with Gasteiger partial charge in [-0.3, -0.25) is 0 Å². The van der Waals surface area contributed by atoms with E-state index in [0.29, 0.717) is 6.61 Å². The van der Waals surface area contributed by atoms with E-state index in [-0.39, 0.29) is 28.2 Å². The Labute approximate surface area is 136 Å². The number of benzene rings is 1. The molecule has 1 aromatic carbocycles. The molecule has 0 aliphatic heterocycles. The van der Waals surface area contributed by atoms with Gasteiger partial charge in [0.15, 0.2) is 0 Å². The van der Waals surface area contributed by atoms with E-state index in [1.807, 2.05) is 27.7 Å². The number of esters is 2. The Bertz CT molecular complexity index is 532. The molecule has 122 valence electrons. The van der Waals surface area contributed by atoms with Crippen molar-refractivity contribution in [1.29, 1.82) is 0 Å². The fourth-order valence-electron chi connectivity index (χ4n) is 1.64. The van der Waals surface area contributed by atoms with Gasteiger partial charge in [0.05, 0.1) is 29.4 Å². The molecule has 22 heavy (non-hydrogen) atoms. The van der Waals surface area contributed by atoms with Crippen LogP contribution in [0.1, 0.15) is 61.3 Å². The highest BCUT2D eigenvalue weighted by Gasteiger charge is 2.24. The average molecular weight is 327 g/mol. The second-order valence-corrected chi connectivity index (χ2v) is 6.70. The maximum Gasteiger partial charge on any atom is 0.340 e. The summed E-state index contributed by atoms with van der Waals surface area (Å²) in [4.78, 5) is 24.4. The van der Waals surface area contributed by atoms with E-state index in [2.05, 4.69) is 0 Å². The number of carbonyl (C=O) groups excluding carboxylic acids is 2. The SMILES string of the molecule is CCCCOC(=O)c1cccc(Cl)c1C(=O)OCC(C)(C)C. The van der Waals surface area contributed by atoms with E-state index in [4.69, 9.17) is 21.1 Å². The van der Waals surface area contributed by atoms with Crippen molar-refractivity contribution in [2.45, 2.75) is 40.5 Å². The van der Waals surface area contributed by atoms with Gasteiger partial charge in [-0.15, -0.1) is 0 Å². The van der Waals surface area contributed by atoms with Gasteiger partial charge in [-0.05, 0) is 24.0 Å². The maximum atomic E-state index is 12.3. The Kier molecular flexibility index (Phi) is 6.88. The molecule has 0 N–H and O–H groups in total. The number of carbonyl (C=O) groups is 2. The number of ether oxygens (including phenoxy) is 2. The van der Waals surface area contributed by atoms with Crippen molar-refractivity contribution >= 4 is 23.5 Å². The third-order valence-corrected chi connectivity index (χ3v) is 3.12. The lowest BCUT2D eigenvalue weighted by Crippen LogP contribution is -2.21. The Morgan fingerprint density at radius 3 is 2.41 bits per heavy atom. The third-order valence-electron chi connectivity index (χ3n) is 2.80. The van der Waals surface area contributed by atoms with Gasteiger partial charge in [0.2, 0.25) is 0 Å². The highest BCUT2D eigenvalue weighted by atomic mass is 35.5. The summed E-state index contributed by atoms with van der Waals surface area (Å²) in [6, 6.07) is 4.69. The monoisotopic (exact) mass is 326 g/mol. The average Bonchev–Trinajstić information content (AvgIpc) is 2.44. The largest absolute Gasteiger partial charge is 0.462 e. The first-order valence-electron chi connectivity index (χ1n) is 7.39. The van der Waals surface area contributed by atoms with E-state index in [1.54, 1.807) is 12.1 Å². The number of hydrogen-bond acceptors (Lipinski definition) is 4. The van der Waals surface area contributed by atoms with Gasteiger partial charge in [0.25, 0.3) is 0 Å². The van der Waals surface area contributed by atoms with Crippen LogP contribution in [0.25, 0.3) is 0 Å². The zero-order valence-corrected chi connectivity index (χ0v) is 14.3. The molecule has 0 aromatic heterocycles. The first-order chi connectivity index (χ1) is 10.3. The van der Waals surface area contributed by atoms with Crippen LogP contribution in [0.2, 0.25) is 5.02 Å². The molecule has 0 aliphatic rings. The van der Waals surface area contributed by atoms with Crippen LogP contribution in [0.3, 0.4) is 0 Å². The highest BCUT2D eigenvalue weighted by molar-refractivity contribution is 6.34. The van der Waals surface area contributed by atoms with E-state index in [0.717, 1.165) is 12.8 Å². The van der Waals surface area contributed by atoms with Crippen molar-refractivity contribution in [3.8, 4) is 0 Å². The summed E-state index contributed by atoms with van der Waals surface area (Å²) in [5, 5.41) is 0.184. The second-order valence-electron chi connectivity index (χ2n) is 6.29. The van der Waals surface area contributed by atoms with Crippen LogP contribution >= 0.6 is 11.6 Å². The molecule has 0 aliphatic carbocycles. The summed E-state index contributed by atoms with van der Waals surface area (Å²) in [6.07, 6.45) is 1.69. The smallest absolute Gasteiger partial charge is 0.340 e. The molecule has 4 nitrogen and oxygen atoms in total.